The Hall–Kier alpha value is -6.19. The van der Waals surface area contributed by atoms with Gasteiger partial charge in [0.2, 0.25) is 0 Å². The summed E-state index contributed by atoms with van der Waals surface area (Å²) >= 11 is 0. The van der Waals surface area contributed by atoms with Crippen LogP contribution in [0, 0.1) is 29.1 Å². The van der Waals surface area contributed by atoms with Crippen LogP contribution >= 0.6 is 0 Å². The maximum atomic E-state index is 5.36. The Morgan fingerprint density at radius 1 is 0.450 bits per heavy atom. The molecule has 8 aromatic rings. The number of nitrogens with zero attached hydrogens (tertiary/aromatic N) is 3. The molecule has 4 bridgehead atoms. The average molecular weight is 772 g/mol. The van der Waals surface area contributed by atoms with Gasteiger partial charge in [0.1, 0.15) is 0 Å². The molecule has 3 heteroatoms. The van der Waals surface area contributed by atoms with Gasteiger partial charge in [-0.15, -0.1) is 0 Å². The van der Waals surface area contributed by atoms with Crippen LogP contribution in [0.15, 0.2) is 152 Å². The molecule has 60 heavy (non-hydrogen) atoms. The minimum absolute atomic E-state index is 0.0650. The van der Waals surface area contributed by atoms with Gasteiger partial charge in [-0.2, -0.15) is 0 Å². The van der Waals surface area contributed by atoms with Crippen molar-refractivity contribution in [2.75, 3.05) is 0 Å². The average Bonchev–Trinajstić information content (AvgIpc) is 3.80. The molecule has 0 saturated heterocycles. The lowest BCUT2D eigenvalue weighted by Gasteiger charge is -2.73. The summed E-state index contributed by atoms with van der Waals surface area (Å²) in [4.78, 5) is 15.8. The third kappa shape index (κ3) is 4.09. The molecule has 5 saturated carbocycles. The van der Waals surface area contributed by atoms with Gasteiger partial charge in [0.15, 0.2) is 17.5 Å². The van der Waals surface area contributed by atoms with E-state index in [4.69, 9.17) is 15.0 Å². The van der Waals surface area contributed by atoms with Crippen LogP contribution in [0.5, 0.6) is 0 Å². The standard InChI is InChI=1S/C57H45N3/c1-55(2)45-18-9-8-15-42(45)43-17-10-16-41(51(43)55)36-19-21-38(22-20-36)53-58-52(37-12-4-3-5-13-37)59-54(60-53)39-23-25-44-47(30-39)57(46-26-24-35-11-6-7-14-40(35)50(44)46)49-29-34-27-33-28-48(49)56(57,31-33)32-34/h3-26,30,33-34,48-49H,27-29,31-32H2,1-2H3. The summed E-state index contributed by atoms with van der Waals surface area (Å²) in [7, 11) is 0. The maximum Gasteiger partial charge on any atom is 0.164 e. The zero-order valence-corrected chi connectivity index (χ0v) is 34.1. The van der Waals surface area contributed by atoms with Crippen LogP contribution in [0.4, 0.5) is 0 Å². The van der Waals surface area contributed by atoms with Crippen molar-refractivity contribution < 1.29 is 0 Å². The Kier molecular flexibility index (Phi) is 6.47. The minimum Gasteiger partial charge on any atom is -0.208 e. The molecule has 6 unspecified atom stereocenters. The van der Waals surface area contributed by atoms with Crippen molar-refractivity contribution in [3.63, 3.8) is 0 Å². The molecule has 0 aliphatic heterocycles. The van der Waals surface area contributed by atoms with Crippen LogP contribution in [-0.2, 0) is 10.8 Å². The number of hydrogen-bond donors (Lipinski definition) is 0. The van der Waals surface area contributed by atoms with Gasteiger partial charge in [0, 0.05) is 27.5 Å². The number of benzene rings is 7. The quantitative estimate of drug-likeness (QED) is 0.179. The number of aromatic nitrogens is 3. The number of fused-ring (bicyclic) bond motifs is 9. The summed E-state index contributed by atoms with van der Waals surface area (Å²) in [6, 6.07) is 56.3. The fraction of sp³-hybridized carbons (Fsp3) is 0.246. The third-order valence-electron chi connectivity index (χ3n) is 16.7. The van der Waals surface area contributed by atoms with E-state index in [9.17, 15) is 0 Å². The monoisotopic (exact) mass is 771 g/mol. The lowest BCUT2D eigenvalue weighted by molar-refractivity contribution is -0.176. The topological polar surface area (TPSA) is 38.7 Å². The molecule has 1 aromatic heterocycles. The van der Waals surface area contributed by atoms with E-state index in [-0.39, 0.29) is 10.8 Å². The van der Waals surface area contributed by atoms with E-state index < -0.39 is 0 Å². The highest BCUT2D eigenvalue weighted by Gasteiger charge is 2.80. The molecule has 0 amide bonds. The first-order valence-corrected chi connectivity index (χ1v) is 22.3. The van der Waals surface area contributed by atoms with Crippen LogP contribution in [0.2, 0.25) is 0 Å². The molecule has 7 aliphatic rings. The highest BCUT2D eigenvalue weighted by Crippen LogP contribution is 2.86. The summed E-state index contributed by atoms with van der Waals surface area (Å²) in [5.41, 5.74) is 17.4. The van der Waals surface area contributed by atoms with E-state index in [0.29, 0.717) is 23.0 Å². The second-order valence-corrected chi connectivity index (χ2v) is 19.6. The highest BCUT2D eigenvalue weighted by molar-refractivity contribution is 6.03. The van der Waals surface area contributed by atoms with Crippen molar-refractivity contribution >= 4 is 10.8 Å². The smallest absolute Gasteiger partial charge is 0.164 e. The minimum atomic E-state index is -0.0887. The molecule has 3 nitrogen and oxygen atoms in total. The molecule has 5 fully saturated rings. The van der Waals surface area contributed by atoms with Gasteiger partial charge in [-0.05, 0) is 134 Å². The first kappa shape index (κ1) is 33.6. The van der Waals surface area contributed by atoms with Gasteiger partial charge in [-0.3, -0.25) is 0 Å². The van der Waals surface area contributed by atoms with Crippen molar-refractivity contribution in [1.82, 2.24) is 15.0 Å². The molecule has 7 aromatic carbocycles. The molecule has 15 rings (SSSR count). The van der Waals surface area contributed by atoms with Crippen LogP contribution in [0.25, 0.3) is 78.3 Å². The first-order chi connectivity index (χ1) is 29.4. The lowest BCUT2D eigenvalue weighted by atomic mass is 9.30. The zero-order valence-electron chi connectivity index (χ0n) is 34.1. The molecule has 7 aliphatic carbocycles. The van der Waals surface area contributed by atoms with E-state index in [2.05, 4.69) is 166 Å². The SMILES string of the molecule is CC1(C)c2ccccc2-c2cccc(-c3ccc(-c4nc(-c5ccccc5)nc(-c5ccc6c(c5)C5(c7ccc8ccccc8c7-6)C6CC7CC8CC6C5(C8)C7)n4)cc3)c21. The Bertz CT molecular complexity index is 3140. The van der Waals surface area contributed by atoms with E-state index in [1.165, 1.54) is 87.4 Å². The molecular weight excluding hydrogens is 727 g/mol. The Morgan fingerprint density at radius 3 is 1.90 bits per heavy atom. The largest absolute Gasteiger partial charge is 0.208 e. The van der Waals surface area contributed by atoms with Crippen LogP contribution in [-0.4, -0.2) is 15.0 Å². The first-order valence-electron chi connectivity index (χ1n) is 22.3. The summed E-state index contributed by atoms with van der Waals surface area (Å²) in [6.45, 7) is 4.72. The molecular formula is C57H45N3. The summed E-state index contributed by atoms with van der Waals surface area (Å²) in [5, 5.41) is 2.73. The fourth-order valence-corrected chi connectivity index (χ4v) is 14.9. The van der Waals surface area contributed by atoms with E-state index in [1.54, 1.807) is 11.1 Å². The van der Waals surface area contributed by atoms with Crippen molar-refractivity contribution in [3.05, 3.63) is 174 Å². The molecule has 0 radical (unpaired) electrons. The highest BCUT2D eigenvalue weighted by atomic mass is 15.0. The van der Waals surface area contributed by atoms with Crippen molar-refractivity contribution in [1.29, 1.82) is 0 Å². The lowest BCUT2D eigenvalue weighted by Crippen LogP contribution is -2.70. The normalized spacial score (nSPS) is 26.4. The summed E-state index contributed by atoms with van der Waals surface area (Å²) in [5.74, 6) is 5.50. The van der Waals surface area contributed by atoms with Gasteiger partial charge >= 0.3 is 0 Å². The Labute approximate surface area is 351 Å². The Balaban J connectivity index is 0.922. The van der Waals surface area contributed by atoms with Crippen LogP contribution in [0.1, 0.15) is 68.2 Å². The van der Waals surface area contributed by atoms with Gasteiger partial charge < -0.3 is 0 Å². The second kappa shape index (κ2) is 11.5. The van der Waals surface area contributed by atoms with Crippen LogP contribution < -0.4 is 0 Å². The van der Waals surface area contributed by atoms with Gasteiger partial charge in [-0.1, -0.05) is 159 Å². The van der Waals surface area contributed by atoms with Gasteiger partial charge in [-0.25, -0.2) is 15.0 Å². The van der Waals surface area contributed by atoms with E-state index in [1.807, 2.05) is 0 Å². The molecule has 0 N–H and O–H groups in total. The van der Waals surface area contributed by atoms with E-state index >= 15 is 0 Å². The molecule has 6 atom stereocenters. The summed E-state index contributed by atoms with van der Waals surface area (Å²) < 4.78 is 0. The number of rotatable bonds is 4. The second-order valence-electron chi connectivity index (χ2n) is 19.6. The summed E-state index contributed by atoms with van der Waals surface area (Å²) in [6.07, 6.45) is 7.05. The number of hydrogen-bond acceptors (Lipinski definition) is 3. The predicted octanol–water partition coefficient (Wildman–Crippen LogP) is 13.7. The molecule has 2 spiro atoms. The third-order valence-corrected chi connectivity index (χ3v) is 16.7. The zero-order chi connectivity index (χ0) is 39.5. The maximum absolute atomic E-state index is 5.36. The predicted molar refractivity (Wildman–Crippen MR) is 242 cm³/mol. The van der Waals surface area contributed by atoms with Gasteiger partial charge in [0.25, 0.3) is 0 Å². The van der Waals surface area contributed by atoms with Crippen molar-refractivity contribution in [2.45, 2.75) is 56.8 Å². The molecule has 288 valence electrons. The fourth-order valence-electron chi connectivity index (χ4n) is 14.9. The van der Waals surface area contributed by atoms with Crippen LogP contribution in [0.3, 0.4) is 0 Å². The van der Waals surface area contributed by atoms with Crippen molar-refractivity contribution in [3.8, 4) is 67.5 Å². The molecule has 1 heterocycles. The van der Waals surface area contributed by atoms with Gasteiger partial charge in [0.05, 0.1) is 0 Å². The van der Waals surface area contributed by atoms with Crippen molar-refractivity contribution in [2.24, 2.45) is 29.1 Å². The van der Waals surface area contributed by atoms with E-state index in [0.717, 1.165) is 40.3 Å². The Morgan fingerprint density at radius 2 is 1.08 bits per heavy atom.